The molecule has 0 bridgehead atoms. The number of primary amides is 1. The number of esters is 1. The Labute approximate surface area is 181 Å². The fourth-order valence-corrected chi connectivity index (χ4v) is 3.90. The number of sulfonamides is 1. The Hall–Kier alpha value is -3.11. The minimum atomic E-state index is -4.30. The lowest BCUT2D eigenvalue weighted by Gasteiger charge is -2.24. The van der Waals surface area contributed by atoms with Gasteiger partial charge >= 0.3 is 5.97 Å². The van der Waals surface area contributed by atoms with Crippen LogP contribution in [0.1, 0.15) is 32.8 Å². The van der Waals surface area contributed by atoms with Crippen LogP contribution in [0.2, 0.25) is 0 Å². The normalized spacial score (nSPS) is 12.7. The summed E-state index contributed by atoms with van der Waals surface area (Å²) in [6, 6.07) is 11.7. The van der Waals surface area contributed by atoms with Crippen LogP contribution in [0, 0.1) is 0 Å². The first-order valence-electron chi connectivity index (χ1n) is 9.47. The third-order valence-electron chi connectivity index (χ3n) is 3.89. The SMILES string of the molecule is CC(C)(C)OC(=O)[C@H](CC(N)=O)NS(=O)(=O)c1ccc(N)cc1OCc1ccccc1. The second kappa shape index (κ2) is 9.80. The van der Waals surface area contributed by atoms with E-state index in [0.717, 1.165) is 5.56 Å². The molecule has 0 heterocycles. The van der Waals surface area contributed by atoms with Gasteiger partial charge in [0.05, 0.1) is 6.42 Å². The van der Waals surface area contributed by atoms with Crippen molar-refractivity contribution in [2.75, 3.05) is 5.73 Å². The van der Waals surface area contributed by atoms with Crippen LogP contribution in [0.15, 0.2) is 53.4 Å². The van der Waals surface area contributed by atoms with Crippen molar-refractivity contribution in [2.45, 2.75) is 50.3 Å². The minimum Gasteiger partial charge on any atom is -0.487 e. The summed E-state index contributed by atoms with van der Waals surface area (Å²) in [6.45, 7) is 4.96. The van der Waals surface area contributed by atoms with Gasteiger partial charge in [0.2, 0.25) is 15.9 Å². The van der Waals surface area contributed by atoms with E-state index in [9.17, 15) is 18.0 Å². The van der Waals surface area contributed by atoms with Crippen LogP contribution in [0.3, 0.4) is 0 Å². The zero-order chi connectivity index (χ0) is 23.2. The first-order chi connectivity index (χ1) is 14.4. The monoisotopic (exact) mass is 449 g/mol. The number of rotatable bonds is 9. The molecule has 2 aromatic rings. The number of anilines is 1. The van der Waals surface area contributed by atoms with Gasteiger partial charge < -0.3 is 20.9 Å². The van der Waals surface area contributed by atoms with E-state index in [0.29, 0.717) is 5.69 Å². The second-order valence-corrected chi connectivity index (χ2v) is 9.54. The molecule has 1 atom stereocenters. The van der Waals surface area contributed by atoms with Gasteiger partial charge in [0, 0.05) is 11.8 Å². The van der Waals surface area contributed by atoms with Gasteiger partial charge in [0.15, 0.2) is 0 Å². The van der Waals surface area contributed by atoms with E-state index in [2.05, 4.69) is 4.72 Å². The lowest BCUT2D eigenvalue weighted by Crippen LogP contribution is -2.46. The van der Waals surface area contributed by atoms with Gasteiger partial charge in [-0.2, -0.15) is 4.72 Å². The molecule has 2 aromatic carbocycles. The van der Waals surface area contributed by atoms with E-state index in [-0.39, 0.29) is 17.3 Å². The first kappa shape index (κ1) is 24.2. The first-order valence-corrected chi connectivity index (χ1v) is 11.0. The van der Waals surface area contributed by atoms with Crippen LogP contribution in [0.25, 0.3) is 0 Å². The second-order valence-electron chi connectivity index (χ2n) is 7.86. The van der Waals surface area contributed by atoms with Crippen molar-refractivity contribution < 1.29 is 27.5 Å². The highest BCUT2D eigenvalue weighted by Gasteiger charge is 2.32. The summed E-state index contributed by atoms with van der Waals surface area (Å²) in [6.07, 6.45) is -0.566. The zero-order valence-corrected chi connectivity index (χ0v) is 18.4. The molecule has 10 heteroatoms. The molecule has 0 saturated carbocycles. The molecule has 31 heavy (non-hydrogen) atoms. The number of hydrogen-bond donors (Lipinski definition) is 3. The molecule has 0 aliphatic rings. The summed E-state index contributed by atoms with van der Waals surface area (Å²) in [5, 5.41) is 0. The molecular weight excluding hydrogens is 422 g/mol. The van der Waals surface area contributed by atoms with Crippen molar-refractivity contribution in [1.82, 2.24) is 4.72 Å². The van der Waals surface area contributed by atoms with Crippen molar-refractivity contribution in [3.63, 3.8) is 0 Å². The maximum absolute atomic E-state index is 13.0. The highest BCUT2D eigenvalue weighted by Crippen LogP contribution is 2.28. The summed E-state index contributed by atoms with van der Waals surface area (Å²) >= 11 is 0. The summed E-state index contributed by atoms with van der Waals surface area (Å²) < 4.78 is 39.2. The van der Waals surface area contributed by atoms with E-state index in [1.54, 1.807) is 20.8 Å². The lowest BCUT2D eigenvalue weighted by atomic mass is 10.1. The molecule has 0 saturated heterocycles. The minimum absolute atomic E-state index is 0.00151. The molecule has 0 unspecified atom stereocenters. The topological polar surface area (TPSA) is 151 Å². The van der Waals surface area contributed by atoms with Gasteiger partial charge in [0.1, 0.15) is 28.9 Å². The predicted octanol–water partition coefficient (Wildman–Crippen LogP) is 1.71. The zero-order valence-electron chi connectivity index (χ0n) is 17.6. The molecular formula is C21H27N3O6S. The number of hydrogen-bond acceptors (Lipinski definition) is 7. The van der Waals surface area contributed by atoms with E-state index in [1.807, 2.05) is 30.3 Å². The summed E-state index contributed by atoms with van der Waals surface area (Å²) in [5.74, 6) is -1.79. The standard InChI is InChI=1S/C21H27N3O6S/c1-21(2,3)30-20(26)16(12-19(23)25)24-31(27,28)18-10-9-15(22)11-17(18)29-13-14-7-5-4-6-8-14/h4-11,16,24H,12-13,22H2,1-3H3,(H2,23,25)/t16-/m0/s1. The fraction of sp³-hybridized carbons (Fsp3) is 0.333. The molecule has 0 aliphatic heterocycles. The van der Waals surface area contributed by atoms with Gasteiger partial charge in [-0.25, -0.2) is 8.42 Å². The van der Waals surface area contributed by atoms with Crippen molar-refractivity contribution in [3.05, 3.63) is 54.1 Å². The third kappa shape index (κ3) is 7.58. The van der Waals surface area contributed by atoms with Crippen LogP contribution in [-0.2, 0) is 31.0 Å². The smallest absolute Gasteiger partial charge is 0.325 e. The largest absolute Gasteiger partial charge is 0.487 e. The van der Waals surface area contributed by atoms with Crippen LogP contribution >= 0.6 is 0 Å². The molecule has 2 rings (SSSR count). The molecule has 0 fully saturated rings. The molecule has 9 nitrogen and oxygen atoms in total. The van der Waals surface area contributed by atoms with Crippen LogP contribution in [0.5, 0.6) is 5.75 Å². The maximum atomic E-state index is 13.0. The average Bonchev–Trinajstić information content (AvgIpc) is 2.64. The van der Waals surface area contributed by atoms with Crippen molar-refractivity contribution >= 4 is 27.6 Å². The number of benzene rings is 2. The highest BCUT2D eigenvalue weighted by molar-refractivity contribution is 7.89. The number of nitrogens with two attached hydrogens (primary N) is 2. The Morgan fingerprint density at radius 3 is 2.32 bits per heavy atom. The van der Waals surface area contributed by atoms with Gasteiger partial charge in [-0.05, 0) is 38.5 Å². The lowest BCUT2D eigenvalue weighted by molar-refractivity contribution is -0.157. The third-order valence-corrected chi connectivity index (χ3v) is 5.40. The Bertz CT molecular complexity index is 1030. The molecule has 0 aromatic heterocycles. The van der Waals surface area contributed by atoms with Gasteiger partial charge in [-0.15, -0.1) is 0 Å². The summed E-state index contributed by atoms with van der Waals surface area (Å²) in [7, 11) is -4.30. The molecule has 0 radical (unpaired) electrons. The van der Waals surface area contributed by atoms with Crippen LogP contribution < -0.4 is 20.9 Å². The van der Waals surface area contributed by atoms with Gasteiger partial charge in [0.25, 0.3) is 0 Å². The van der Waals surface area contributed by atoms with Crippen molar-refractivity contribution in [2.24, 2.45) is 5.73 Å². The molecule has 5 N–H and O–H groups in total. The van der Waals surface area contributed by atoms with Gasteiger partial charge in [-0.1, -0.05) is 30.3 Å². The fourth-order valence-electron chi connectivity index (χ4n) is 2.59. The van der Waals surface area contributed by atoms with E-state index in [4.69, 9.17) is 20.9 Å². The van der Waals surface area contributed by atoms with Crippen LogP contribution in [0.4, 0.5) is 5.69 Å². The quantitative estimate of drug-likeness (QED) is 0.389. The average molecular weight is 450 g/mol. The Morgan fingerprint density at radius 2 is 1.74 bits per heavy atom. The molecule has 1 amide bonds. The van der Waals surface area contributed by atoms with Gasteiger partial charge in [-0.3, -0.25) is 9.59 Å². The highest BCUT2D eigenvalue weighted by atomic mass is 32.2. The number of carbonyl (C=O) groups is 2. The number of nitrogens with one attached hydrogen (secondary N) is 1. The number of amides is 1. The Morgan fingerprint density at radius 1 is 1.10 bits per heavy atom. The number of nitrogen functional groups attached to an aromatic ring is 1. The van der Waals surface area contributed by atoms with E-state index < -0.39 is 40.0 Å². The molecule has 0 spiro atoms. The number of ether oxygens (including phenoxy) is 2. The number of carbonyl (C=O) groups excluding carboxylic acids is 2. The molecule has 0 aliphatic carbocycles. The van der Waals surface area contributed by atoms with E-state index in [1.165, 1.54) is 18.2 Å². The van der Waals surface area contributed by atoms with Crippen molar-refractivity contribution in [3.8, 4) is 5.75 Å². The summed E-state index contributed by atoms with van der Waals surface area (Å²) in [5.41, 5.74) is 11.2. The van der Waals surface area contributed by atoms with Crippen LogP contribution in [-0.4, -0.2) is 31.9 Å². The molecule has 168 valence electrons. The summed E-state index contributed by atoms with van der Waals surface area (Å²) in [4.78, 5) is 23.6. The Kier molecular flexibility index (Phi) is 7.64. The van der Waals surface area contributed by atoms with Crippen molar-refractivity contribution in [1.29, 1.82) is 0 Å². The van der Waals surface area contributed by atoms with E-state index >= 15 is 0 Å². The maximum Gasteiger partial charge on any atom is 0.325 e. The predicted molar refractivity (Wildman–Crippen MR) is 115 cm³/mol. The Balaban J connectivity index is 2.31.